The minimum Gasteiger partial charge on any atom is -0.378 e. The van der Waals surface area contributed by atoms with Crippen molar-refractivity contribution in [2.45, 2.75) is 32.6 Å². The molecule has 1 aliphatic heterocycles. The van der Waals surface area contributed by atoms with Gasteiger partial charge in [-0.25, -0.2) is 9.97 Å². The van der Waals surface area contributed by atoms with E-state index in [1.54, 1.807) is 0 Å². The first kappa shape index (κ1) is 18.7. The SMILES string of the molecule is Cc1nc(Nc2ccc(NC(=O)C3CCCC3)cc2)cc(N2CCOCC2)n1. The number of hydrogen-bond donors (Lipinski definition) is 2. The first-order chi connectivity index (χ1) is 13.7. The van der Waals surface area contributed by atoms with Crippen LogP contribution < -0.4 is 15.5 Å². The van der Waals surface area contributed by atoms with E-state index in [2.05, 4.69) is 25.5 Å². The van der Waals surface area contributed by atoms with Crippen molar-refractivity contribution in [3.63, 3.8) is 0 Å². The molecule has 0 spiro atoms. The fourth-order valence-electron chi connectivity index (χ4n) is 3.79. The van der Waals surface area contributed by atoms with Gasteiger partial charge in [0.2, 0.25) is 5.91 Å². The molecule has 4 rings (SSSR count). The summed E-state index contributed by atoms with van der Waals surface area (Å²) < 4.78 is 5.42. The number of amides is 1. The Balaban J connectivity index is 1.41. The Bertz CT molecular complexity index is 812. The second-order valence-electron chi connectivity index (χ2n) is 7.43. The van der Waals surface area contributed by atoms with Crippen LogP contribution >= 0.6 is 0 Å². The van der Waals surface area contributed by atoms with Gasteiger partial charge in [0, 0.05) is 36.4 Å². The average molecular weight is 381 g/mol. The molecule has 1 aromatic carbocycles. The molecule has 0 unspecified atom stereocenters. The number of carbonyl (C=O) groups excluding carboxylic acids is 1. The van der Waals surface area contributed by atoms with Crippen LogP contribution in [0.3, 0.4) is 0 Å². The minimum absolute atomic E-state index is 0.139. The van der Waals surface area contributed by atoms with Crippen molar-refractivity contribution in [3.8, 4) is 0 Å². The third-order valence-corrected chi connectivity index (χ3v) is 5.31. The smallest absolute Gasteiger partial charge is 0.227 e. The van der Waals surface area contributed by atoms with Crippen LogP contribution in [0.15, 0.2) is 30.3 Å². The standard InChI is InChI=1S/C21H27N5O2/c1-15-22-19(14-20(23-15)26-10-12-28-13-11-26)24-17-6-8-18(9-7-17)25-21(27)16-4-2-3-5-16/h6-9,14,16H,2-5,10-13H2,1H3,(H,25,27)(H,22,23,24). The van der Waals surface area contributed by atoms with E-state index in [0.717, 1.165) is 80.8 Å². The van der Waals surface area contributed by atoms with Crippen molar-refractivity contribution >= 4 is 28.9 Å². The zero-order chi connectivity index (χ0) is 19.3. The number of morpholine rings is 1. The topological polar surface area (TPSA) is 79.4 Å². The third-order valence-electron chi connectivity index (χ3n) is 5.31. The van der Waals surface area contributed by atoms with E-state index in [4.69, 9.17) is 4.74 Å². The van der Waals surface area contributed by atoms with E-state index in [1.807, 2.05) is 37.3 Å². The van der Waals surface area contributed by atoms with E-state index < -0.39 is 0 Å². The van der Waals surface area contributed by atoms with Crippen molar-refractivity contribution in [1.29, 1.82) is 0 Å². The molecular weight excluding hydrogens is 354 g/mol. The van der Waals surface area contributed by atoms with Crippen molar-refractivity contribution in [3.05, 3.63) is 36.2 Å². The Labute approximate surface area is 165 Å². The van der Waals surface area contributed by atoms with Gasteiger partial charge in [0.1, 0.15) is 17.5 Å². The Morgan fingerprint density at radius 3 is 2.46 bits per heavy atom. The molecule has 0 atom stereocenters. The minimum atomic E-state index is 0.139. The van der Waals surface area contributed by atoms with Crippen molar-refractivity contribution in [2.24, 2.45) is 5.92 Å². The molecule has 1 amide bonds. The number of anilines is 4. The molecule has 0 bridgehead atoms. The lowest BCUT2D eigenvalue weighted by atomic mass is 10.1. The normalized spacial score (nSPS) is 17.5. The summed E-state index contributed by atoms with van der Waals surface area (Å²) in [5, 5.41) is 6.36. The molecule has 0 radical (unpaired) electrons. The molecule has 28 heavy (non-hydrogen) atoms. The summed E-state index contributed by atoms with van der Waals surface area (Å²) in [4.78, 5) is 23.5. The number of carbonyl (C=O) groups is 1. The lowest BCUT2D eigenvalue weighted by Gasteiger charge is -2.28. The number of nitrogens with one attached hydrogen (secondary N) is 2. The highest BCUT2D eigenvalue weighted by atomic mass is 16.5. The fraction of sp³-hybridized carbons (Fsp3) is 0.476. The monoisotopic (exact) mass is 381 g/mol. The molecule has 1 aromatic heterocycles. The molecule has 2 aliphatic rings. The molecule has 2 aromatic rings. The van der Waals surface area contributed by atoms with Crippen LogP contribution in [-0.2, 0) is 9.53 Å². The number of rotatable bonds is 5. The summed E-state index contributed by atoms with van der Waals surface area (Å²) in [5.74, 6) is 2.71. The number of nitrogens with zero attached hydrogens (tertiary/aromatic N) is 3. The molecule has 7 nitrogen and oxygen atoms in total. The summed E-state index contributed by atoms with van der Waals surface area (Å²) in [6, 6.07) is 9.72. The maximum absolute atomic E-state index is 12.3. The molecule has 7 heteroatoms. The molecule has 2 fully saturated rings. The van der Waals surface area contributed by atoms with Gasteiger partial charge in [0.15, 0.2) is 0 Å². The first-order valence-electron chi connectivity index (χ1n) is 10.0. The average Bonchev–Trinajstić information content (AvgIpc) is 3.25. The number of benzene rings is 1. The van der Waals surface area contributed by atoms with Gasteiger partial charge >= 0.3 is 0 Å². The molecule has 148 valence electrons. The van der Waals surface area contributed by atoms with Gasteiger partial charge in [0.25, 0.3) is 0 Å². The van der Waals surface area contributed by atoms with Gasteiger partial charge in [-0.15, -0.1) is 0 Å². The lowest BCUT2D eigenvalue weighted by Crippen LogP contribution is -2.36. The Kier molecular flexibility index (Phi) is 5.71. The summed E-state index contributed by atoms with van der Waals surface area (Å²) >= 11 is 0. The quantitative estimate of drug-likeness (QED) is 0.825. The van der Waals surface area contributed by atoms with Crippen LogP contribution in [0.4, 0.5) is 23.0 Å². The van der Waals surface area contributed by atoms with Crippen LogP contribution in [0.2, 0.25) is 0 Å². The highest BCUT2D eigenvalue weighted by Crippen LogP contribution is 2.27. The fourth-order valence-corrected chi connectivity index (χ4v) is 3.79. The molecule has 1 saturated carbocycles. The Hall–Kier alpha value is -2.67. The number of aryl methyl sites for hydroxylation is 1. The number of hydrogen-bond acceptors (Lipinski definition) is 6. The van der Waals surface area contributed by atoms with Crippen molar-refractivity contribution < 1.29 is 9.53 Å². The van der Waals surface area contributed by atoms with Crippen molar-refractivity contribution in [2.75, 3.05) is 41.8 Å². The van der Waals surface area contributed by atoms with Crippen LogP contribution in [0.1, 0.15) is 31.5 Å². The van der Waals surface area contributed by atoms with Gasteiger partial charge in [-0.3, -0.25) is 4.79 Å². The van der Waals surface area contributed by atoms with Crippen LogP contribution in [0.25, 0.3) is 0 Å². The zero-order valence-corrected chi connectivity index (χ0v) is 16.3. The Morgan fingerprint density at radius 2 is 1.75 bits per heavy atom. The van der Waals surface area contributed by atoms with E-state index >= 15 is 0 Å². The summed E-state index contributed by atoms with van der Waals surface area (Å²) in [6.45, 7) is 5.02. The van der Waals surface area contributed by atoms with Crippen molar-refractivity contribution in [1.82, 2.24) is 9.97 Å². The Morgan fingerprint density at radius 1 is 1.07 bits per heavy atom. The van der Waals surface area contributed by atoms with Crippen LogP contribution in [0, 0.1) is 12.8 Å². The van der Waals surface area contributed by atoms with Gasteiger partial charge in [-0.05, 0) is 44.0 Å². The van der Waals surface area contributed by atoms with E-state index in [-0.39, 0.29) is 11.8 Å². The summed E-state index contributed by atoms with van der Waals surface area (Å²) in [5.41, 5.74) is 1.75. The molecule has 1 saturated heterocycles. The van der Waals surface area contributed by atoms with E-state index in [9.17, 15) is 4.79 Å². The third kappa shape index (κ3) is 4.59. The van der Waals surface area contributed by atoms with Crippen LogP contribution in [0.5, 0.6) is 0 Å². The van der Waals surface area contributed by atoms with Gasteiger partial charge in [-0.2, -0.15) is 0 Å². The van der Waals surface area contributed by atoms with Gasteiger partial charge in [0.05, 0.1) is 13.2 Å². The highest BCUT2D eigenvalue weighted by Gasteiger charge is 2.22. The predicted octanol–water partition coefficient (Wildman–Crippen LogP) is 3.49. The first-order valence-corrected chi connectivity index (χ1v) is 10.0. The molecular formula is C21H27N5O2. The summed E-state index contributed by atoms with van der Waals surface area (Å²) in [7, 11) is 0. The number of ether oxygens (including phenoxy) is 1. The second-order valence-corrected chi connectivity index (χ2v) is 7.43. The zero-order valence-electron chi connectivity index (χ0n) is 16.3. The molecule has 2 heterocycles. The van der Waals surface area contributed by atoms with Gasteiger partial charge < -0.3 is 20.3 Å². The predicted molar refractivity (Wildman–Crippen MR) is 110 cm³/mol. The highest BCUT2D eigenvalue weighted by molar-refractivity contribution is 5.92. The largest absolute Gasteiger partial charge is 0.378 e. The maximum Gasteiger partial charge on any atom is 0.227 e. The lowest BCUT2D eigenvalue weighted by molar-refractivity contribution is -0.119. The second kappa shape index (κ2) is 8.56. The molecule has 1 aliphatic carbocycles. The van der Waals surface area contributed by atoms with Gasteiger partial charge in [-0.1, -0.05) is 12.8 Å². The van der Waals surface area contributed by atoms with E-state index in [1.165, 1.54) is 0 Å². The van der Waals surface area contributed by atoms with E-state index in [0.29, 0.717) is 0 Å². The summed E-state index contributed by atoms with van der Waals surface area (Å²) in [6.07, 6.45) is 4.32. The van der Waals surface area contributed by atoms with Crippen LogP contribution in [-0.4, -0.2) is 42.2 Å². The maximum atomic E-state index is 12.3. The number of aromatic nitrogens is 2. The molecule has 2 N–H and O–H groups in total.